The highest BCUT2D eigenvalue weighted by molar-refractivity contribution is 7.99. The van der Waals surface area contributed by atoms with Crippen molar-refractivity contribution in [1.82, 2.24) is 25.5 Å². The summed E-state index contributed by atoms with van der Waals surface area (Å²) in [5.41, 5.74) is 3.39. The first-order valence-corrected chi connectivity index (χ1v) is 9.97. The van der Waals surface area contributed by atoms with Crippen molar-refractivity contribution in [3.8, 4) is 17.2 Å². The first-order chi connectivity index (χ1) is 14.5. The minimum Gasteiger partial charge on any atom is -0.454 e. The molecule has 11 heteroatoms. The number of nitrogens with zero attached hydrogens (tertiary/aromatic N) is 4. The van der Waals surface area contributed by atoms with Crippen LogP contribution < -0.4 is 20.1 Å². The van der Waals surface area contributed by atoms with Crippen molar-refractivity contribution in [2.45, 2.75) is 19.0 Å². The van der Waals surface area contributed by atoms with E-state index in [-0.39, 0.29) is 12.5 Å². The molecule has 0 saturated heterocycles. The van der Waals surface area contributed by atoms with E-state index in [9.17, 15) is 9.59 Å². The second-order valence-corrected chi connectivity index (χ2v) is 7.46. The predicted octanol–water partition coefficient (Wildman–Crippen LogP) is 2.45. The van der Waals surface area contributed by atoms with Crippen LogP contribution in [0.4, 0.5) is 10.5 Å². The van der Waals surface area contributed by atoms with E-state index in [4.69, 9.17) is 9.47 Å². The quantitative estimate of drug-likeness (QED) is 0.597. The number of aromatic nitrogens is 4. The van der Waals surface area contributed by atoms with Crippen molar-refractivity contribution in [3.05, 3.63) is 47.5 Å². The highest BCUT2D eigenvalue weighted by Gasteiger charge is 2.17. The first-order valence-electron chi connectivity index (χ1n) is 8.99. The average Bonchev–Trinajstić information content (AvgIpc) is 3.37. The summed E-state index contributed by atoms with van der Waals surface area (Å²) in [5, 5.41) is 17.0. The molecule has 3 amide bonds. The fraction of sp³-hybridized carbons (Fsp3) is 0.211. The second-order valence-electron chi connectivity index (χ2n) is 6.52. The van der Waals surface area contributed by atoms with Gasteiger partial charge in [0.05, 0.1) is 11.4 Å². The number of ether oxygens (including phenoxy) is 2. The zero-order valence-electron chi connectivity index (χ0n) is 16.2. The van der Waals surface area contributed by atoms with Crippen molar-refractivity contribution in [2.24, 2.45) is 0 Å². The molecule has 10 nitrogen and oxygen atoms in total. The third-order valence-electron chi connectivity index (χ3n) is 4.25. The Morgan fingerprint density at radius 2 is 1.97 bits per heavy atom. The first kappa shape index (κ1) is 19.7. The van der Waals surface area contributed by atoms with Gasteiger partial charge in [0.1, 0.15) is 0 Å². The van der Waals surface area contributed by atoms with Gasteiger partial charge in [-0.1, -0.05) is 23.9 Å². The predicted molar refractivity (Wildman–Crippen MR) is 109 cm³/mol. The number of benzene rings is 2. The molecule has 4 rings (SSSR count). The van der Waals surface area contributed by atoms with Gasteiger partial charge >= 0.3 is 6.03 Å². The van der Waals surface area contributed by atoms with E-state index in [1.807, 2.05) is 32.0 Å². The summed E-state index contributed by atoms with van der Waals surface area (Å²) in [6.07, 6.45) is 0. The molecule has 2 N–H and O–H groups in total. The zero-order chi connectivity index (χ0) is 21.1. The molecule has 154 valence electrons. The summed E-state index contributed by atoms with van der Waals surface area (Å²) >= 11 is 1.13. The lowest BCUT2D eigenvalue weighted by atomic mass is 10.1. The maximum atomic E-state index is 12.2. The molecule has 1 aliphatic rings. The Morgan fingerprint density at radius 3 is 2.83 bits per heavy atom. The van der Waals surface area contributed by atoms with E-state index in [1.165, 1.54) is 0 Å². The Morgan fingerprint density at radius 1 is 1.13 bits per heavy atom. The second kappa shape index (κ2) is 8.41. The van der Waals surface area contributed by atoms with Gasteiger partial charge in [-0.05, 0) is 53.6 Å². The molecule has 2 aromatic carbocycles. The molecule has 0 unspecified atom stereocenters. The number of urea groups is 1. The number of tetrazole rings is 1. The lowest BCUT2D eigenvalue weighted by Gasteiger charge is -2.09. The van der Waals surface area contributed by atoms with E-state index >= 15 is 0 Å². The van der Waals surface area contributed by atoms with Gasteiger partial charge in [-0.2, -0.15) is 4.68 Å². The van der Waals surface area contributed by atoms with Gasteiger partial charge in [-0.3, -0.25) is 10.1 Å². The summed E-state index contributed by atoms with van der Waals surface area (Å²) in [7, 11) is 0. The molecule has 0 radical (unpaired) electrons. The summed E-state index contributed by atoms with van der Waals surface area (Å²) in [6, 6.07) is 10.3. The number of nitrogens with one attached hydrogen (secondary N) is 2. The summed E-state index contributed by atoms with van der Waals surface area (Å²) in [6.45, 7) is 4.08. The van der Waals surface area contributed by atoms with Crippen molar-refractivity contribution in [3.63, 3.8) is 0 Å². The van der Waals surface area contributed by atoms with Gasteiger partial charge in [0, 0.05) is 11.8 Å². The third kappa shape index (κ3) is 4.35. The molecular formula is C19H18N6O4S. The van der Waals surface area contributed by atoms with Gasteiger partial charge in [0.25, 0.3) is 0 Å². The van der Waals surface area contributed by atoms with Crippen LogP contribution in [0.1, 0.15) is 11.1 Å². The number of hydrogen-bond acceptors (Lipinski definition) is 8. The smallest absolute Gasteiger partial charge is 0.325 e. The van der Waals surface area contributed by atoms with E-state index in [0.717, 1.165) is 28.6 Å². The number of rotatable bonds is 5. The normalized spacial score (nSPS) is 11.9. The van der Waals surface area contributed by atoms with Gasteiger partial charge < -0.3 is 14.8 Å². The Labute approximate surface area is 175 Å². The van der Waals surface area contributed by atoms with E-state index in [0.29, 0.717) is 22.3 Å². The highest BCUT2D eigenvalue weighted by Crippen LogP contribution is 2.34. The topological polar surface area (TPSA) is 120 Å². The van der Waals surface area contributed by atoms with Crippen molar-refractivity contribution < 1.29 is 19.1 Å². The maximum absolute atomic E-state index is 12.2. The van der Waals surface area contributed by atoms with Crippen molar-refractivity contribution in [1.29, 1.82) is 0 Å². The number of fused-ring (bicyclic) bond motifs is 1. The lowest BCUT2D eigenvalue weighted by Crippen LogP contribution is -2.35. The molecule has 1 aromatic heterocycles. The van der Waals surface area contributed by atoms with Gasteiger partial charge in [0.15, 0.2) is 11.5 Å². The largest absolute Gasteiger partial charge is 0.454 e. The Kier molecular flexibility index (Phi) is 5.53. The molecule has 0 saturated carbocycles. The molecule has 0 spiro atoms. The summed E-state index contributed by atoms with van der Waals surface area (Å²) in [4.78, 5) is 24.3. The maximum Gasteiger partial charge on any atom is 0.325 e. The standard InChI is InChI=1S/C19H18N6O4S/c1-11-3-4-12(2)14(7-11)25-19(22-23-24-25)30-9-17(26)21-18(27)20-13-5-6-15-16(8-13)29-10-28-15/h3-8H,9-10H2,1-2H3,(H2,20,21,26,27). The van der Waals surface area contributed by atoms with Crippen LogP contribution in [0.2, 0.25) is 0 Å². The molecule has 0 bridgehead atoms. The van der Waals surface area contributed by atoms with Crippen molar-refractivity contribution in [2.75, 3.05) is 17.9 Å². The minimum absolute atomic E-state index is 0.0280. The van der Waals surface area contributed by atoms with Gasteiger partial charge in [-0.25, -0.2) is 4.79 Å². The van der Waals surface area contributed by atoms with Crippen LogP contribution in [0.25, 0.3) is 5.69 Å². The lowest BCUT2D eigenvalue weighted by molar-refractivity contribution is -0.117. The van der Waals surface area contributed by atoms with Crippen LogP contribution in [-0.2, 0) is 4.79 Å². The van der Waals surface area contributed by atoms with Crippen molar-refractivity contribution >= 4 is 29.4 Å². The monoisotopic (exact) mass is 426 g/mol. The van der Waals surface area contributed by atoms with Crippen LogP contribution in [0.5, 0.6) is 11.5 Å². The average molecular weight is 426 g/mol. The fourth-order valence-corrected chi connectivity index (χ4v) is 3.48. The number of hydrogen-bond donors (Lipinski definition) is 2. The fourth-order valence-electron chi connectivity index (χ4n) is 2.80. The number of carbonyl (C=O) groups is 2. The molecular weight excluding hydrogens is 408 g/mol. The van der Waals surface area contributed by atoms with Crippen LogP contribution in [-0.4, -0.2) is 44.7 Å². The van der Waals surface area contributed by atoms with Crippen LogP contribution in [0, 0.1) is 13.8 Å². The van der Waals surface area contributed by atoms with Crippen LogP contribution in [0.3, 0.4) is 0 Å². The van der Waals surface area contributed by atoms with Gasteiger partial charge in [0.2, 0.25) is 17.9 Å². The number of carbonyl (C=O) groups excluding carboxylic acids is 2. The minimum atomic E-state index is -0.645. The summed E-state index contributed by atoms with van der Waals surface area (Å²) in [5.74, 6) is 0.636. The number of aryl methyl sites for hydroxylation is 2. The van der Waals surface area contributed by atoms with Crippen LogP contribution in [0.15, 0.2) is 41.6 Å². The number of thioether (sulfide) groups is 1. The number of imide groups is 1. The molecule has 0 fully saturated rings. The zero-order valence-corrected chi connectivity index (χ0v) is 17.0. The Balaban J connectivity index is 1.34. The highest BCUT2D eigenvalue weighted by atomic mass is 32.2. The molecule has 0 aliphatic carbocycles. The van der Waals surface area contributed by atoms with E-state index in [2.05, 4.69) is 26.2 Å². The van der Waals surface area contributed by atoms with Crippen LogP contribution >= 0.6 is 11.8 Å². The Hall–Kier alpha value is -3.60. The summed E-state index contributed by atoms with van der Waals surface area (Å²) < 4.78 is 12.1. The SMILES string of the molecule is Cc1ccc(C)c(-n2nnnc2SCC(=O)NC(=O)Nc2ccc3c(c2)OCO3)c1. The Bertz CT molecular complexity index is 1120. The van der Waals surface area contributed by atoms with E-state index in [1.54, 1.807) is 22.9 Å². The third-order valence-corrected chi connectivity index (χ3v) is 5.17. The van der Waals surface area contributed by atoms with Gasteiger partial charge in [-0.15, -0.1) is 5.10 Å². The molecule has 1 aliphatic heterocycles. The molecule has 3 aromatic rings. The number of anilines is 1. The molecule has 0 atom stereocenters. The van der Waals surface area contributed by atoms with E-state index < -0.39 is 11.9 Å². The molecule has 2 heterocycles. The number of amides is 3. The molecule has 30 heavy (non-hydrogen) atoms.